The Hall–Kier alpha value is -0.770. The van der Waals surface area contributed by atoms with Gasteiger partial charge >= 0.3 is 0 Å². The van der Waals surface area contributed by atoms with Crippen LogP contribution < -0.4 is 11.1 Å². The lowest BCUT2D eigenvalue weighted by Gasteiger charge is -2.19. The van der Waals surface area contributed by atoms with Gasteiger partial charge in [0.15, 0.2) is 5.84 Å². The second kappa shape index (κ2) is 5.20. The lowest BCUT2D eigenvalue weighted by molar-refractivity contribution is 0.313. The summed E-state index contributed by atoms with van der Waals surface area (Å²) in [5, 5.41) is 14.7. The molecular weight excluding hydrogens is 178 g/mol. The molecule has 0 radical (unpaired) electrons. The normalized spacial score (nSPS) is 30.6. The Kier molecular flexibility index (Phi) is 4.20. The van der Waals surface area contributed by atoms with E-state index in [4.69, 9.17) is 10.9 Å². The van der Waals surface area contributed by atoms with E-state index in [1.54, 1.807) is 0 Å². The summed E-state index contributed by atoms with van der Waals surface area (Å²) < 4.78 is 0. The number of hydrogen-bond donors (Lipinski definition) is 3. The molecule has 0 aromatic rings. The van der Waals surface area contributed by atoms with Gasteiger partial charge in [-0.25, -0.2) is 0 Å². The van der Waals surface area contributed by atoms with Crippen LogP contribution in [-0.4, -0.2) is 23.6 Å². The first kappa shape index (κ1) is 11.3. The minimum atomic E-state index is -0.0344. The maximum atomic E-state index is 8.47. The Labute approximate surface area is 85.6 Å². The zero-order valence-electron chi connectivity index (χ0n) is 9.03. The molecule has 4 nitrogen and oxygen atoms in total. The van der Waals surface area contributed by atoms with Gasteiger partial charge in [0.25, 0.3) is 0 Å². The van der Waals surface area contributed by atoms with Crippen LogP contribution in [0.1, 0.15) is 33.1 Å². The summed E-state index contributed by atoms with van der Waals surface area (Å²) in [6.45, 7) is 5.18. The molecule has 0 aliphatic heterocycles. The first-order valence-electron chi connectivity index (χ1n) is 5.36. The predicted octanol–water partition coefficient (Wildman–Crippen LogP) is 1.15. The fourth-order valence-electron chi connectivity index (χ4n) is 2.04. The molecule has 1 rings (SSSR count). The van der Waals surface area contributed by atoms with Crippen LogP contribution in [0.15, 0.2) is 5.16 Å². The van der Waals surface area contributed by atoms with Gasteiger partial charge < -0.3 is 16.3 Å². The molecule has 0 spiro atoms. The summed E-state index contributed by atoms with van der Waals surface area (Å²) in [7, 11) is 0. The van der Waals surface area contributed by atoms with Crippen molar-refractivity contribution in [2.45, 2.75) is 39.2 Å². The minimum Gasteiger partial charge on any atom is -0.409 e. The number of rotatable bonds is 4. The minimum absolute atomic E-state index is 0.0344. The van der Waals surface area contributed by atoms with Gasteiger partial charge in [-0.15, -0.1) is 0 Å². The lowest BCUT2D eigenvalue weighted by Crippen LogP contribution is -2.41. The summed E-state index contributed by atoms with van der Waals surface area (Å²) in [6.07, 6.45) is 3.98. The summed E-state index contributed by atoms with van der Waals surface area (Å²) >= 11 is 0. The van der Waals surface area contributed by atoms with Crippen LogP contribution >= 0.6 is 0 Å². The average molecular weight is 199 g/mol. The molecule has 14 heavy (non-hydrogen) atoms. The van der Waals surface area contributed by atoms with E-state index in [-0.39, 0.29) is 11.9 Å². The first-order chi connectivity index (χ1) is 6.65. The van der Waals surface area contributed by atoms with Crippen LogP contribution in [0.2, 0.25) is 0 Å². The third kappa shape index (κ3) is 2.87. The average Bonchev–Trinajstić information content (AvgIpc) is 2.59. The first-order valence-corrected chi connectivity index (χ1v) is 5.36. The molecule has 4 heteroatoms. The summed E-state index contributed by atoms with van der Waals surface area (Å²) in [5.74, 6) is 1.82. The Morgan fingerprint density at radius 1 is 1.64 bits per heavy atom. The highest BCUT2D eigenvalue weighted by molar-refractivity contribution is 5.84. The summed E-state index contributed by atoms with van der Waals surface area (Å²) in [4.78, 5) is 0. The highest BCUT2D eigenvalue weighted by atomic mass is 16.4. The van der Waals surface area contributed by atoms with E-state index >= 15 is 0 Å². The molecule has 1 saturated carbocycles. The Morgan fingerprint density at radius 2 is 2.36 bits per heavy atom. The zero-order valence-corrected chi connectivity index (χ0v) is 9.03. The quantitative estimate of drug-likeness (QED) is 0.275. The molecular formula is C10H21N3O. The van der Waals surface area contributed by atoms with Crippen molar-refractivity contribution in [2.75, 3.05) is 6.54 Å². The van der Waals surface area contributed by atoms with Crippen molar-refractivity contribution in [1.82, 2.24) is 5.32 Å². The predicted molar refractivity (Wildman–Crippen MR) is 57.4 cm³/mol. The van der Waals surface area contributed by atoms with Crippen LogP contribution in [0, 0.1) is 11.8 Å². The van der Waals surface area contributed by atoms with E-state index in [2.05, 4.69) is 17.4 Å². The van der Waals surface area contributed by atoms with Gasteiger partial charge in [-0.2, -0.15) is 0 Å². The van der Waals surface area contributed by atoms with E-state index in [0.717, 1.165) is 18.4 Å². The molecule has 1 aliphatic rings. The van der Waals surface area contributed by atoms with Gasteiger partial charge in [0.1, 0.15) is 0 Å². The molecule has 1 fully saturated rings. The largest absolute Gasteiger partial charge is 0.409 e. The van der Waals surface area contributed by atoms with Gasteiger partial charge in [0, 0.05) is 0 Å². The van der Waals surface area contributed by atoms with Crippen molar-refractivity contribution in [3.8, 4) is 0 Å². The van der Waals surface area contributed by atoms with Crippen LogP contribution in [0.5, 0.6) is 0 Å². The molecule has 0 heterocycles. The molecule has 1 aliphatic carbocycles. The smallest absolute Gasteiger partial charge is 0.156 e. The fourth-order valence-corrected chi connectivity index (χ4v) is 2.04. The van der Waals surface area contributed by atoms with Gasteiger partial charge in [0.2, 0.25) is 0 Å². The van der Waals surface area contributed by atoms with E-state index in [1.165, 1.54) is 19.3 Å². The van der Waals surface area contributed by atoms with E-state index in [9.17, 15) is 0 Å². The Morgan fingerprint density at radius 3 is 2.86 bits per heavy atom. The van der Waals surface area contributed by atoms with Crippen LogP contribution in [0.25, 0.3) is 0 Å². The number of oxime groups is 1. The Balaban J connectivity index is 2.26. The Bertz CT molecular complexity index is 206. The molecule has 0 aromatic carbocycles. The topological polar surface area (TPSA) is 70.6 Å². The fraction of sp³-hybridized carbons (Fsp3) is 0.900. The standard InChI is InChI=1S/C10H21N3O/c1-7-4-3-5-9(7)6-12-8(2)10(11)13-14/h7-9,12,14H,3-6H2,1-2H3,(H2,11,13). The van der Waals surface area contributed by atoms with Gasteiger partial charge in [0.05, 0.1) is 6.04 Å². The van der Waals surface area contributed by atoms with Crippen molar-refractivity contribution in [3.05, 3.63) is 0 Å². The SMILES string of the molecule is CC(NCC1CCCC1C)C(N)=NO. The van der Waals surface area contributed by atoms with E-state index in [0.29, 0.717) is 0 Å². The highest BCUT2D eigenvalue weighted by Gasteiger charge is 2.23. The van der Waals surface area contributed by atoms with Crippen molar-refractivity contribution in [3.63, 3.8) is 0 Å². The molecule has 0 saturated heterocycles. The van der Waals surface area contributed by atoms with Gasteiger partial charge in [-0.05, 0) is 31.7 Å². The molecule has 82 valence electrons. The zero-order chi connectivity index (χ0) is 10.6. The summed E-state index contributed by atoms with van der Waals surface area (Å²) in [6, 6.07) is -0.0344. The molecule has 3 unspecified atom stereocenters. The maximum absolute atomic E-state index is 8.47. The van der Waals surface area contributed by atoms with Crippen LogP contribution in [-0.2, 0) is 0 Å². The van der Waals surface area contributed by atoms with Crippen LogP contribution in [0.4, 0.5) is 0 Å². The van der Waals surface area contributed by atoms with Crippen LogP contribution in [0.3, 0.4) is 0 Å². The monoisotopic (exact) mass is 199 g/mol. The van der Waals surface area contributed by atoms with E-state index < -0.39 is 0 Å². The van der Waals surface area contributed by atoms with Crippen molar-refractivity contribution < 1.29 is 5.21 Å². The van der Waals surface area contributed by atoms with Gasteiger partial charge in [-0.1, -0.05) is 24.9 Å². The van der Waals surface area contributed by atoms with E-state index in [1.807, 2.05) is 6.92 Å². The van der Waals surface area contributed by atoms with Crippen molar-refractivity contribution in [2.24, 2.45) is 22.7 Å². The molecule has 3 atom stereocenters. The van der Waals surface area contributed by atoms with Crippen molar-refractivity contribution >= 4 is 5.84 Å². The third-order valence-corrected chi connectivity index (χ3v) is 3.28. The maximum Gasteiger partial charge on any atom is 0.156 e. The number of nitrogens with one attached hydrogen (secondary N) is 1. The summed E-state index contributed by atoms with van der Waals surface area (Å²) in [5.41, 5.74) is 5.47. The molecule has 0 aromatic heterocycles. The number of hydrogen-bond acceptors (Lipinski definition) is 3. The number of amidine groups is 1. The third-order valence-electron chi connectivity index (χ3n) is 3.28. The second-order valence-corrected chi connectivity index (χ2v) is 4.32. The van der Waals surface area contributed by atoms with Crippen molar-refractivity contribution in [1.29, 1.82) is 0 Å². The second-order valence-electron chi connectivity index (χ2n) is 4.32. The molecule has 0 bridgehead atoms. The molecule has 0 amide bonds. The highest BCUT2D eigenvalue weighted by Crippen LogP contribution is 2.30. The number of nitrogens with zero attached hydrogens (tertiary/aromatic N) is 1. The molecule has 4 N–H and O–H groups in total. The number of nitrogens with two attached hydrogens (primary N) is 1. The lowest BCUT2D eigenvalue weighted by atomic mass is 9.98. The van der Waals surface area contributed by atoms with Gasteiger partial charge in [-0.3, -0.25) is 0 Å².